The molecule has 0 spiro atoms. The summed E-state index contributed by atoms with van der Waals surface area (Å²) in [7, 11) is 2.13. The molecule has 0 aliphatic carbocycles. The van der Waals surface area contributed by atoms with Crippen molar-refractivity contribution in [3.05, 3.63) is 89.8 Å². The van der Waals surface area contributed by atoms with Crippen molar-refractivity contribution in [3.8, 4) is 22.6 Å². The summed E-state index contributed by atoms with van der Waals surface area (Å²) in [6.45, 7) is 8.03. The molecule has 34 heavy (non-hydrogen) atoms. The first-order chi connectivity index (χ1) is 16.5. The van der Waals surface area contributed by atoms with Crippen molar-refractivity contribution in [1.29, 1.82) is 0 Å². The smallest absolute Gasteiger partial charge is 0.186 e. The molecule has 1 N–H and O–H groups in total. The summed E-state index contributed by atoms with van der Waals surface area (Å²) in [5.41, 5.74) is 8.12. The van der Waals surface area contributed by atoms with Crippen LogP contribution in [-0.2, 0) is 13.1 Å². The average molecular weight is 449 g/mol. The Morgan fingerprint density at radius 3 is 2.68 bits per heavy atom. The number of nitrogens with zero attached hydrogens (tertiary/aromatic N) is 6. The molecule has 8 heteroatoms. The topological polar surface area (TPSA) is 75.0 Å². The molecule has 0 radical (unpaired) electrons. The molecule has 170 valence electrons. The lowest BCUT2D eigenvalue weighted by Gasteiger charge is -2.19. The highest BCUT2D eigenvalue weighted by Crippen LogP contribution is 2.30. The molecule has 5 aromatic rings. The van der Waals surface area contributed by atoms with E-state index in [4.69, 9.17) is 9.97 Å². The van der Waals surface area contributed by atoms with E-state index in [2.05, 4.69) is 66.0 Å². The van der Waals surface area contributed by atoms with Gasteiger partial charge < -0.3 is 9.79 Å². The molecule has 0 amide bonds. The lowest BCUT2D eigenvalue weighted by molar-refractivity contribution is 0.430. The van der Waals surface area contributed by atoms with Crippen molar-refractivity contribution in [1.82, 2.24) is 34.4 Å². The molecule has 0 bridgehead atoms. The van der Waals surface area contributed by atoms with E-state index in [-0.39, 0.29) is 0 Å². The van der Waals surface area contributed by atoms with Gasteiger partial charge in [-0.3, -0.25) is 4.98 Å². The van der Waals surface area contributed by atoms with Crippen LogP contribution < -0.4 is 0 Å². The van der Waals surface area contributed by atoms with Crippen molar-refractivity contribution in [2.45, 2.75) is 39.8 Å². The number of hydrogen-bond acceptors (Lipinski definition) is 5. The lowest BCUT2D eigenvalue weighted by atomic mass is 9.96. The van der Waals surface area contributed by atoms with E-state index in [0.29, 0.717) is 12.5 Å². The fourth-order valence-electron chi connectivity index (χ4n) is 4.37. The number of rotatable bonds is 7. The van der Waals surface area contributed by atoms with Crippen molar-refractivity contribution < 1.29 is 0 Å². The van der Waals surface area contributed by atoms with Crippen LogP contribution >= 0.6 is 0 Å². The van der Waals surface area contributed by atoms with Gasteiger partial charge in [0.1, 0.15) is 17.8 Å². The highest BCUT2D eigenvalue weighted by atomic mass is 15.3. The van der Waals surface area contributed by atoms with Crippen molar-refractivity contribution >= 4 is 13.6 Å². The van der Waals surface area contributed by atoms with Crippen LogP contribution in [0.3, 0.4) is 0 Å². The van der Waals surface area contributed by atoms with Gasteiger partial charge in [-0.25, -0.2) is 14.5 Å². The van der Waals surface area contributed by atoms with Crippen LogP contribution in [-0.4, -0.2) is 42.3 Å². The number of pyridine rings is 2. The Balaban J connectivity index is 1.49. The van der Waals surface area contributed by atoms with E-state index in [9.17, 15) is 0 Å². The normalized spacial score (nSPS) is 11.7. The Morgan fingerprint density at radius 2 is 1.85 bits per heavy atom. The minimum absolute atomic E-state index is 0.491. The summed E-state index contributed by atoms with van der Waals surface area (Å²) >= 11 is 0. The number of hydrogen-bond donors (Lipinski definition) is 1. The largest absolute Gasteiger partial charge is 0.340 e. The quantitative estimate of drug-likeness (QED) is 0.378. The maximum atomic E-state index is 5.00. The number of aromatic nitrogens is 6. The van der Waals surface area contributed by atoms with E-state index in [1.807, 2.05) is 43.5 Å². The Hall–Kier alpha value is -3.78. The third-order valence-electron chi connectivity index (χ3n) is 5.98. The standard InChI is InChI=1S/C26H28BN7/c1-17(2)21-9-5-4-8-19(21)13-33(27)15-23-31-25(20-11-12-24-28-16-29-34(24)14-20)26(32-23)22-10-6-7-18(3)30-22/h4-12,14,16-17H,13,15,27H2,1-3H3,(H,31,32). The predicted octanol–water partition coefficient (Wildman–Crippen LogP) is 4.16. The van der Waals surface area contributed by atoms with Gasteiger partial charge in [0.15, 0.2) is 13.6 Å². The zero-order valence-electron chi connectivity index (χ0n) is 20.0. The summed E-state index contributed by atoms with van der Waals surface area (Å²) < 4.78 is 1.78. The monoisotopic (exact) mass is 449 g/mol. The molecule has 0 unspecified atom stereocenters. The Morgan fingerprint density at radius 1 is 1.00 bits per heavy atom. The summed E-state index contributed by atoms with van der Waals surface area (Å²) in [6.07, 6.45) is 3.53. The van der Waals surface area contributed by atoms with Gasteiger partial charge in [-0.15, -0.1) is 0 Å². The van der Waals surface area contributed by atoms with Gasteiger partial charge in [-0.05, 0) is 48.2 Å². The van der Waals surface area contributed by atoms with Gasteiger partial charge in [-0.2, -0.15) is 5.10 Å². The van der Waals surface area contributed by atoms with Crippen molar-refractivity contribution in [3.63, 3.8) is 0 Å². The van der Waals surface area contributed by atoms with E-state index < -0.39 is 0 Å². The van der Waals surface area contributed by atoms with Gasteiger partial charge >= 0.3 is 0 Å². The minimum atomic E-state index is 0.491. The third-order valence-corrected chi connectivity index (χ3v) is 5.98. The SMILES string of the molecule is BN(Cc1nc(-c2cccc(C)n2)c(-c2ccc3ncnn3c2)[nH]1)Cc1ccccc1C(C)C. The average Bonchev–Trinajstić information content (AvgIpc) is 3.45. The second kappa shape index (κ2) is 9.23. The van der Waals surface area contributed by atoms with E-state index >= 15 is 0 Å². The zero-order valence-corrected chi connectivity index (χ0v) is 20.0. The summed E-state index contributed by atoms with van der Waals surface area (Å²) in [5, 5.41) is 4.29. The van der Waals surface area contributed by atoms with Gasteiger partial charge in [-0.1, -0.05) is 44.2 Å². The molecule has 0 aliphatic heterocycles. The zero-order chi connectivity index (χ0) is 23.7. The van der Waals surface area contributed by atoms with Gasteiger partial charge in [0.05, 0.1) is 11.4 Å². The maximum absolute atomic E-state index is 5.00. The maximum Gasteiger partial charge on any atom is 0.186 e. The van der Waals surface area contributed by atoms with Crippen LogP contribution in [0.5, 0.6) is 0 Å². The molecule has 0 atom stereocenters. The van der Waals surface area contributed by atoms with Crippen LogP contribution in [0.2, 0.25) is 0 Å². The summed E-state index contributed by atoms with van der Waals surface area (Å²) in [6, 6.07) is 18.7. The minimum Gasteiger partial charge on any atom is -0.340 e. The molecule has 0 aliphatic rings. The fourth-order valence-corrected chi connectivity index (χ4v) is 4.37. The van der Waals surface area contributed by atoms with E-state index in [1.54, 1.807) is 10.8 Å². The van der Waals surface area contributed by atoms with Crippen molar-refractivity contribution in [2.75, 3.05) is 0 Å². The predicted molar refractivity (Wildman–Crippen MR) is 137 cm³/mol. The number of aromatic amines is 1. The molecule has 0 fully saturated rings. The van der Waals surface area contributed by atoms with Crippen LogP contribution in [0.15, 0.2) is 67.1 Å². The summed E-state index contributed by atoms with van der Waals surface area (Å²) in [4.78, 5) is 19.9. The van der Waals surface area contributed by atoms with E-state index in [1.165, 1.54) is 11.1 Å². The van der Waals surface area contributed by atoms with Gasteiger partial charge in [0.25, 0.3) is 0 Å². The number of benzene rings is 1. The van der Waals surface area contributed by atoms with Crippen LogP contribution in [0.1, 0.15) is 42.4 Å². The molecule has 5 rings (SSSR count). The van der Waals surface area contributed by atoms with E-state index in [0.717, 1.165) is 46.4 Å². The first-order valence-corrected chi connectivity index (χ1v) is 11.6. The summed E-state index contributed by atoms with van der Waals surface area (Å²) in [5.74, 6) is 1.39. The van der Waals surface area contributed by atoms with Gasteiger partial charge in [0.2, 0.25) is 0 Å². The number of fused-ring (bicyclic) bond motifs is 1. The molecule has 7 nitrogen and oxygen atoms in total. The number of aryl methyl sites for hydroxylation is 1. The van der Waals surface area contributed by atoms with Crippen molar-refractivity contribution in [2.24, 2.45) is 0 Å². The molecule has 0 saturated heterocycles. The Kier molecular flexibility index (Phi) is 5.98. The Labute approximate surface area is 200 Å². The number of nitrogens with one attached hydrogen (secondary N) is 1. The molecule has 4 heterocycles. The fraction of sp³-hybridized carbons (Fsp3) is 0.231. The molecular formula is C26H28BN7. The molecule has 1 aromatic carbocycles. The third kappa shape index (κ3) is 4.49. The van der Waals surface area contributed by atoms with Crippen LogP contribution in [0.25, 0.3) is 28.3 Å². The second-order valence-electron chi connectivity index (χ2n) is 9.08. The van der Waals surface area contributed by atoms with Gasteiger partial charge in [0, 0.05) is 30.5 Å². The number of H-pyrrole nitrogens is 1. The highest BCUT2D eigenvalue weighted by Gasteiger charge is 2.18. The van der Waals surface area contributed by atoms with Crippen LogP contribution in [0.4, 0.5) is 0 Å². The molecular weight excluding hydrogens is 421 g/mol. The lowest BCUT2D eigenvalue weighted by Crippen LogP contribution is -2.21. The van der Waals surface area contributed by atoms with Crippen LogP contribution in [0, 0.1) is 6.92 Å². The number of imidazole rings is 1. The first kappa shape index (κ1) is 22.0. The highest BCUT2D eigenvalue weighted by molar-refractivity contribution is 6.04. The Bertz CT molecular complexity index is 1440. The molecule has 4 aromatic heterocycles. The molecule has 0 saturated carbocycles. The second-order valence-corrected chi connectivity index (χ2v) is 9.08. The first-order valence-electron chi connectivity index (χ1n) is 11.6.